The Labute approximate surface area is 182 Å². The molecule has 2 heterocycles. The first-order chi connectivity index (χ1) is 14.4. The number of aryl methyl sites for hydroxylation is 1. The molecule has 1 aliphatic rings. The molecule has 2 rings (SSSR count). The molecule has 178 valence electrons. The second kappa shape index (κ2) is 11.0. The highest BCUT2D eigenvalue weighted by Crippen LogP contribution is 2.50. The lowest BCUT2D eigenvalue weighted by Crippen LogP contribution is -2.40. The van der Waals surface area contributed by atoms with Crippen LogP contribution < -0.4 is 11.4 Å². The van der Waals surface area contributed by atoms with Crippen molar-refractivity contribution in [1.82, 2.24) is 9.55 Å². The summed E-state index contributed by atoms with van der Waals surface area (Å²) in [5.41, 5.74) is 5.71. The van der Waals surface area contributed by atoms with Gasteiger partial charge in [-0.05, 0) is 33.1 Å². The number of ether oxygens (including phenoxy) is 3. The SMILES string of the molecule is COCCOC1C(OP(=O)(O)OC(C)C)C(CC(C)C)OC1n1cc(C)c(N)nc1=O. The third-order valence-electron chi connectivity index (χ3n) is 4.63. The van der Waals surface area contributed by atoms with Crippen LogP contribution in [0.25, 0.3) is 0 Å². The standard InChI is InChI=1S/C19H34N3O8P/c1-11(2)9-14-15(30-31(24,25)29-12(3)4)16(27-8-7-26-6)18(28-14)22-10-13(5)17(20)21-19(22)23/h10-12,14-16,18H,7-9H2,1-6H3,(H,24,25)(H2,20,21,23). The van der Waals surface area contributed by atoms with Gasteiger partial charge in [-0.3, -0.25) is 13.6 Å². The average molecular weight is 463 g/mol. The number of phosphoric acid groups is 1. The zero-order valence-corrected chi connectivity index (χ0v) is 19.8. The molecule has 5 atom stereocenters. The Balaban J connectivity index is 2.45. The van der Waals surface area contributed by atoms with Crippen molar-refractivity contribution in [3.63, 3.8) is 0 Å². The Morgan fingerprint density at radius 3 is 2.55 bits per heavy atom. The summed E-state index contributed by atoms with van der Waals surface area (Å²) in [7, 11) is -2.89. The summed E-state index contributed by atoms with van der Waals surface area (Å²) in [6.45, 7) is 9.37. The van der Waals surface area contributed by atoms with Crippen molar-refractivity contribution in [2.45, 2.75) is 71.7 Å². The first kappa shape index (κ1) is 25.9. The fourth-order valence-corrected chi connectivity index (χ4v) is 4.51. The molecule has 1 saturated heterocycles. The van der Waals surface area contributed by atoms with E-state index in [0.29, 0.717) is 12.0 Å². The molecule has 1 aromatic rings. The van der Waals surface area contributed by atoms with Gasteiger partial charge in [0.05, 0.1) is 25.4 Å². The van der Waals surface area contributed by atoms with Crippen LogP contribution in [0.2, 0.25) is 0 Å². The van der Waals surface area contributed by atoms with Gasteiger partial charge < -0.3 is 24.8 Å². The van der Waals surface area contributed by atoms with Crippen molar-refractivity contribution in [3.05, 3.63) is 22.2 Å². The minimum absolute atomic E-state index is 0.118. The molecule has 0 saturated carbocycles. The van der Waals surface area contributed by atoms with E-state index in [-0.39, 0.29) is 24.9 Å². The first-order valence-electron chi connectivity index (χ1n) is 10.3. The van der Waals surface area contributed by atoms with Gasteiger partial charge in [0.15, 0.2) is 6.23 Å². The minimum atomic E-state index is -4.42. The van der Waals surface area contributed by atoms with Gasteiger partial charge in [-0.15, -0.1) is 0 Å². The largest absolute Gasteiger partial charge is 0.472 e. The number of methoxy groups -OCH3 is 1. The minimum Gasteiger partial charge on any atom is -0.383 e. The molecule has 0 spiro atoms. The Hall–Kier alpha value is -1.33. The second-order valence-corrected chi connectivity index (χ2v) is 9.57. The van der Waals surface area contributed by atoms with Crippen LogP contribution in [0.3, 0.4) is 0 Å². The third kappa shape index (κ3) is 7.08. The van der Waals surface area contributed by atoms with Gasteiger partial charge in [0.25, 0.3) is 0 Å². The normalized spacial score (nSPS) is 26.0. The summed E-state index contributed by atoms with van der Waals surface area (Å²) in [6, 6.07) is 0. The number of hydrogen-bond acceptors (Lipinski definition) is 9. The van der Waals surface area contributed by atoms with Gasteiger partial charge in [0, 0.05) is 18.9 Å². The van der Waals surface area contributed by atoms with Crippen molar-refractivity contribution < 1.29 is 32.7 Å². The topological polar surface area (TPSA) is 144 Å². The Bertz CT molecular complexity index is 831. The number of hydrogen-bond donors (Lipinski definition) is 2. The van der Waals surface area contributed by atoms with Crippen molar-refractivity contribution >= 4 is 13.6 Å². The lowest BCUT2D eigenvalue weighted by molar-refractivity contribution is -0.0803. The summed E-state index contributed by atoms with van der Waals surface area (Å²) < 4.78 is 41.6. The number of phosphoric ester groups is 1. The molecule has 1 aliphatic heterocycles. The number of nitrogens with zero attached hydrogens (tertiary/aromatic N) is 2. The zero-order chi connectivity index (χ0) is 23.3. The number of aromatic nitrogens is 2. The lowest BCUT2D eigenvalue weighted by Gasteiger charge is -2.27. The van der Waals surface area contributed by atoms with Crippen molar-refractivity contribution in [3.8, 4) is 0 Å². The number of anilines is 1. The van der Waals surface area contributed by atoms with Gasteiger partial charge in [-0.25, -0.2) is 9.36 Å². The molecular weight excluding hydrogens is 429 g/mol. The van der Waals surface area contributed by atoms with Crippen LogP contribution >= 0.6 is 7.82 Å². The number of nitrogens with two attached hydrogens (primary N) is 1. The first-order valence-corrected chi connectivity index (χ1v) is 11.8. The van der Waals surface area contributed by atoms with E-state index in [4.69, 9.17) is 29.0 Å². The molecule has 31 heavy (non-hydrogen) atoms. The summed E-state index contributed by atoms with van der Waals surface area (Å²) in [4.78, 5) is 26.6. The van der Waals surface area contributed by atoms with E-state index in [1.807, 2.05) is 13.8 Å². The molecule has 5 unspecified atom stereocenters. The Morgan fingerprint density at radius 2 is 1.97 bits per heavy atom. The van der Waals surface area contributed by atoms with E-state index in [1.54, 1.807) is 20.8 Å². The second-order valence-electron chi connectivity index (χ2n) is 8.21. The smallest absolute Gasteiger partial charge is 0.383 e. The van der Waals surface area contributed by atoms with E-state index < -0.39 is 44.2 Å². The fourth-order valence-electron chi connectivity index (χ4n) is 3.36. The summed E-state index contributed by atoms with van der Waals surface area (Å²) in [6.07, 6.45) is -1.93. The van der Waals surface area contributed by atoms with Crippen molar-refractivity contribution in [2.75, 3.05) is 26.1 Å². The fraction of sp³-hybridized carbons (Fsp3) is 0.789. The van der Waals surface area contributed by atoms with Gasteiger partial charge in [-0.1, -0.05) is 13.8 Å². The van der Waals surface area contributed by atoms with E-state index in [9.17, 15) is 14.3 Å². The lowest BCUT2D eigenvalue weighted by atomic mass is 10.0. The average Bonchev–Trinajstić information content (AvgIpc) is 2.93. The van der Waals surface area contributed by atoms with Gasteiger partial charge in [0.2, 0.25) is 0 Å². The molecule has 3 N–H and O–H groups in total. The molecule has 0 aromatic carbocycles. The molecule has 0 amide bonds. The number of nitrogen functional groups attached to an aromatic ring is 1. The Kier molecular flexibility index (Phi) is 9.20. The van der Waals surface area contributed by atoms with Crippen molar-refractivity contribution in [2.24, 2.45) is 5.92 Å². The van der Waals surface area contributed by atoms with Crippen molar-refractivity contribution in [1.29, 1.82) is 0 Å². The monoisotopic (exact) mass is 463 g/mol. The van der Waals surface area contributed by atoms with Crippen LogP contribution in [0.5, 0.6) is 0 Å². The van der Waals surface area contributed by atoms with Crippen LogP contribution in [-0.4, -0.2) is 59.2 Å². The van der Waals surface area contributed by atoms with Gasteiger partial charge >= 0.3 is 13.5 Å². The van der Waals surface area contributed by atoms with Crippen LogP contribution in [0.4, 0.5) is 5.82 Å². The van der Waals surface area contributed by atoms with E-state index in [0.717, 1.165) is 0 Å². The highest BCUT2D eigenvalue weighted by molar-refractivity contribution is 7.47. The van der Waals surface area contributed by atoms with Gasteiger partial charge in [0.1, 0.15) is 18.0 Å². The van der Waals surface area contributed by atoms with E-state index in [1.165, 1.54) is 17.9 Å². The van der Waals surface area contributed by atoms with Crippen LogP contribution in [0, 0.1) is 12.8 Å². The summed E-state index contributed by atoms with van der Waals surface area (Å²) in [5, 5.41) is 0. The van der Waals surface area contributed by atoms with E-state index in [2.05, 4.69) is 4.98 Å². The zero-order valence-electron chi connectivity index (χ0n) is 18.9. The highest BCUT2D eigenvalue weighted by Gasteiger charge is 2.50. The molecule has 0 radical (unpaired) electrons. The maximum absolute atomic E-state index is 12.6. The van der Waals surface area contributed by atoms with Crippen LogP contribution in [-0.2, 0) is 27.8 Å². The van der Waals surface area contributed by atoms with Crippen LogP contribution in [0.1, 0.15) is 45.9 Å². The highest BCUT2D eigenvalue weighted by atomic mass is 31.2. The number of rotatable bonds is 11. The van der Waals surface area contributed by atoms with Crippen LogP contribution in [0.15, 0.2) is 11.0 Å². The molecule has 11 nitrogen and oxygen atoms in total. The molecule has 0 aliphatic carbocycles. The molecule has 0 bridgehead atoms. The maximum atomic E-state index is 12.6. The quantitative estimate of drug-likeness (QED) is 0.369. The van der Waals surface area contributed by atoms with Gasteiger partial charge in [-0.2, -0.15) is 4.98 Å². The molecule has 1 aromatic heterocycles. The summed E-state index contributed by atoms with van der Waals surface area (Å²) >= 11 is 0. The molecular formula is C19H34N3O8P. The molecule has 12 heteroatoms. The predicted molar refractivity (Wildman–Crippen MR) is 114 cm³/mol. The maximum Gasteiger partial charge on any atom is 0.472 e. The predicted octanol–water partition coefficient (Wildman–Crippen LogP) is 2.02. The Morgan fingerprint density at radius 1 is 1.29 bits per heavy atom. The third-order valence-corrected chi connectivity index (χ3v) is 5.83. The van der Waals surface area contributed by atoms with E-state index >= 15 is 0 Å². The summed E-state index contributed by atoms with van der Waals surface area (Å²) in [5.74, 6) is 0.300. The molecule has 1 fully saturated rings.